The van der Waals surface area contributed by atoms with Gasteiger partial charge >= 0.3 is 0 Å². The summed E-state index contributed by atoms with van der Waals surface area (Å²) in [6.45, 7) is 2.10. The second-order valence-electron chi connectivity index (χ2n) is 3.32. The lowest BCUT2D eigenvalue weighted by Gasteiger charge is -2.05. The van der Waals surface area contributed by atoms with Gasteiger partial charge in [0.2, 0.25) is 5.91 Å². The molecule has 1 aliphatic carbocycles. The van der Waals surface area contributed by atoms with Crippen LogP contribution in [0.2, 0.25) is 0 Å². The second-order valence-corrected chi connectivity index (χ2v) is 3.32. The fraction of sp³-hybridized carbons (Fsp3) is 0.889. The first kappa shape index (κ1) is 10.5. The minimum Gasteiger partial charge on any atom is -0.384 e. The van der Waals surface area contributed by atoms with Gasteiger partial charge in [-0.25, -0.2) is 0 Å². The maximum atomic E-state index is 11.0. The van der Waals surface area contributed by atoms with E-state index in [-0.39, 0.29) is 5.91 Å². The Morgan fingerprint density at radius 3 is 2.85 bits per heavy atom. The molecule has 2 N–H and O–H groups in total. The molecule has 0 heterocycles. The number of methoxy groups -OCH3 is 1. The fourth-order valence-corrected chi connectivity index (χ4v) is 1.05. The molecule has 1 rings (SSSR count). The molecule has 0 bridgehead atoms. The minimum atomic E-state index is 0.0689. The third kappa shape index (κ3) is 5.60. The normalized spacial score (nSPS) is 15.8. The molecule has 76 valence electrons. The van der Waals surface area contributed by atoms with Gasteiger partial charge < -0.3 is 15.4 Å². The first-order valence-electron chi connectivity index (χ1n) is 4.82. The lowest BCUT2D eigenvalue weighted by Crippen LogP contribution is -2.32. The van der Waals surface area contributed by atoms with Crippen LogP contribution in [-0.2, 0) is 9.53 Å². The van der Waals surface area contributed by atoms with Crippen molar-refractivity contribution in [2.75, 3.05) is 26.8 Å². The van der Waals surface area contributed by atoms with Crippen LogP contribution in [-0.4, -0.2) is 38.8 Å². The lowest BCUT2D eigenvalue weighted by molar-refractivity contribution is -0.121. The van der Waals surface area contributed by atoms with Crippen molar-refractivity contribution in [3.8, 4) is 0 Å². The number of rotatable bonds is 7. The van der Waals surface area contributed by atoms with Gasteiger partial charge in [0.05, 0.1) is 6.61 Å². The van der Waals surface area contributed by atoms with Crippen LogP contribution in [0.4, 0.5) is 0 Å². The second kappa shape index (κ2) is 5.94. The first-order valence-corrected chi connectivity index (χ1v) is 4.82. The van der Waals surface area contributed by atoms with Gasteiger partial charge in [-0.15, -0.1) is 0 Å². The third-order valence-electron chi connectivity index (χ3n) is 1.99. The summed E-state index contributed by atoms with van der Waals surface area (Å²) in [5, 5.41) is 6.14. The predicted octanol–water partition coefficient (Wildman–Crippen LogP) is -0.109. The zero-order valence-electron chi connectivity index (χ0n) is 8.14. The maximum absolute atomic E-state index is 11.0. The number of carbonyl (C=O) groups excluding carboxylic acids is 1. The fourth-order valence-electron chi connectivity index (χ4n) is 1.05. The third-order valence-corrected chi connectivity index (χ3v) is 1.99. The van der Waals surface area contributed by atoms with Crippen LogP contribution in [0.1, 0.15) is 19.3 Å². The molecule has 1 aliphatic rings. The van der Waals surface area contributed by atoms with E-state index in [4.69, 9.17) is 4.74 Å². The van der Waals surface area contributed by atoms with Crippen LogP contribution in [0.3, 0.4) is 0 Å². The predicted molar refractivity (Wildman–Crippen MR) is 50.5 cm³/mol. The van der Waals surface area contributed by atoms with Crippen molar-refractivity contribution in [2.45, 2.75) is 25.3 Å². The molecule has 0 atom stereocenters. The molecule has 13 heavy (non-hydrogen) atoms. The van der Waals surface area contributed by atoms with Crippen molar-refractivity contribution in [3.63, 3.8) is 0 Å². The van der Waals surface area contributed by atoms with Crippen molar-refractivity contribution in [3.05, 3.63) is 0 Å². The molecule has 0 saturated heterocycles. The summed E-state index contributed by atoms with van der Waals surface area (Å²) in [4.78, 5) is 11.0. The minimum absolute atomic E-state index is 0.0689. The van der Waals surface area contributed by atoms with E-state index >= 15 is 0 Å². The van der Waals surface area contributed by atoms with Crippen molar-refractivity contribution < 1.29 is 9.53 Å². The van der Waals surface area contributed by atoms with E-state index in [0.717, 1.165) is 19.1 Å². The van der Waals surface area contributed by atoms with Crippen molar-refractivity contribution >= 4 is 5.91 Å². The summed E-state index contributed by atoms with van der Waals surface area (Å²) in [6.07, 6.45) is 3.04. The van der Waals surface area contributed by atoms with Crippen LogP contribution in [0.15, 0.2) is 0 Å². The Bertz CT molecular complexity index is 158. The van der Waals surface area contributed by atoms with E-state index < -0.39 is 0 Å². The molecule has 1 saturated carbocycles. The Balaban J connectivity index is 1.82. The van der Waals surface area contributed by atoms with Gasteiger partial charge in [-0.2, -0.15) is 0 Å². The Labute approximate surface area is 79.0 Å². The SMILES string of the molecule is COCCC(=O)NCCNC1CC1. The highest BCUT2D eigenvalue weighted by atomic mass is 16.5. The van der Waals surface area contributed by atoms with Gasteiger partial charge in [0, 0.05) is 32.7 Å². The summed E-state index contributed by atoms with van der Waals surface area (Å²) in [7, 11) is 1.60. The summed E-state index contributed by atoms with van der Waals surface area (Å²) in [5.74, 6) is 0.0689. The molecule has 1 amide bonds. The van der Waals surface area contributed by atoms with E-state index in [2.05, 4.69) is 10.6 Å². The molecule has 4 nitrogen and oxygen atoms in total. The zero-order chi connectivity index (χ0) is 9.52. The molecule has 1 fully saturated rings. The smallest absolute Gasteiger partial charge is 0.222 e. The van der Waals surface area contributed by atoms with Gasteiger partial charge in [0.15, 0.2) is 0 Å². The van der Waals surface area contributed by atoms with Crippen LogP contribution in [0, 0.1) is 0 Å². The number of amides is 1. The molecule has 0 unspecified atom stereocenters. The van der Waals surface area contributed by atoms with Crippen molar-refractivity contribution in [2.24, 2.45) is 0 Å². The molecule has 0 radical (unpaired) electrons. The first-order chi connectivity index (χ1) is 6.33. The van der Waals surface area contributed by atoms with E-state index in [1.54, 1.807) is 7.11 Å². The van der Waals surface area contributed by atoms with Gasteiger partial charge in [-0.3, -0.25) is 4.79 Å². The topological polar surface area (TPSA) is 50.4 Å². The van der Waals surface area contributed by atoms with Crippen molar-refractivity contribution in [1.29, 1.82) is 0 Å². The Morgan fingerprint density at radius 1 is 1.46 bits per heavy atom. The number of ether oxygens (including phenoxy) is 1. The van der Waals surface area contributed by atoms with Crippen molar-refractivity contribution in [1.82, 2.24) is 10.6 Å². The monoisotopic (exact) mass is 186 g/mol. The van der Waals surface area contributed by atoms with Gasteiger partial charge in [-0.05, 0) is 12.8 Å². The van der Waals surface area contributed by atoms with Gasteiger partial charge in [0.1, 0.15) is 0 Å². The van der Waals surface area contributed by atoms with Crippen LogP contribution in [0.25, 0.3) is 0 Å². The van der Waals surface area contributed by atoms with E-state index in [9.17, 15) is 4.79 Å². The van der Waals surface area contributed by atoms with Gasteiger partial charge in [0.25, 0.3) is 0 Å². The number of nitrogens with one attached hydrogen (secondary N) is 2. The van der Waals surface area contributed by atoms with Crippen LogP contribution >= 0.6 is 0 Å². The molecular formula is C9H18N2O2. The summed E-state index contributed by atoms with van der Waals surface area (Å²) < 4.78 is 4.79. The highest BCUT2D eigenvalue weighted by Crippen LogP contribution is 2.17. The Morgan fingerprint density at radius 2 is 2.23 bits per heavy atom. The van der Waals surface area contributed by atoms with E-state index in [1.165, 1.54) is 12.8 Å². The highest BCUT2D eigenvalue weighted by Gasteiger charge is 2.19. The average Bonchev–Trinajstić information content (AvgIpc) is 2.92. The Hall–Kier alpha value is -0.610. The molecule has 0 aromatic rings. The quantitative estimate of drug-likeness (QED) is 0.545. The molecule has 0 aromatic carbocycles. The largest absolute Gasteiger partial charge is 0.384 e. The summed E-state index contributed by atoms with van der Waals surface area (Å²) in [5.41, 5.74) is 0. The number of hydrogen-bond acceptors (Lipinski definition) is 3. The summed E-state index contributed by atoms with van der Waals surface area (Å²) in [6, 6.07) is 0.718. The molecule has 0 aliphatic heterocycles. The summed E-state index contributed by atoms with van der Waals surface area (Å²) >= 11 is 0. The molecular weight excluding hydrogens is 168 g/mol. The molecule has 0 aromatic heterocycles. The van der Waals surface area contributed by atoms with Crippen LogP contribution in [0.5, 0.6) is 0 Å². The van der Waals surface area contributed by atoms with E-state index in [1.807, 2.05) is 0 Å². The Kier molecular flexibility index (Phi) is 4.78. The zero-order valence-corrected chi connectivity index (χ0v) is 8.14. The maximum Gasteiger partial charge on any atom is 0.222 e. The highest BCUT2D eigenvalue weighted by molar-refractivity contribution is 5.75. The van der Waals surface area contributed by atoms with E-state index in [0.29, 0.717) is 13.0 Å². The number of hydrogen-bond donors (Lipinski definition) is 2. The number of carbonyl (C=O) groups is 1. The standard InChI is InChI=1S/C9H18N2O2/c1-13-7-4-9(12)11-6-5-10-8-2-3-8/h8,10H,2-7H2,1H3,(H,11,12). The van der Waals surface area contributed by atoms with Crippen LogP contribution < -0.4 is 10.6 Å². The van der Waals surface area contributed by atoms with Gasteiger partial charge in [-0.1, -0.05) is 0 Å². The molecule has 0 spiro atoms. The lowest BCUT2D eigenvalue weighted by atomic mass is 10.4. The average molecular weight is 186 g/mol. The molecule has 4 heteroatoms.